The summed E-state index contributed by atoms with van der Waals surface area (Å²) in [5.74, 6) is 0.488. The van der Waals surface area contributed by atoms with Gasteiger partial charge in [-0.3, -0.25) is 0 Å². The minimum absolute atomic E-state index is 0.348. The summed E-state index contributed by atoms with van der Waals surface area (Å²) in [5.41, 5.74) is 8.31. The van der Waals surface area contributed by atoms with Crippen molar-refractivity contribution in [3.8, 4) is 5.75 Å². The van der Waals surface area contributed by atoms with Gasteiger partial charge in [-0.05, 0) is 34.7 Å². The largest absolute Gasteiger partial charge is 0.489 e. The zero-order valence-electron chi connectivity index (χ0n) is 14.6. The van der Waals surface area contributed by atoms with E-state index in [-0.39, 0.29) is 5.97 Å². The molecule has 0 heterocycles. The van der Waals surface area contributed by atoms with Gasteiger partial charge in [0.25, 0.3) is 0 Å². The third-order valence-electron chi connectivity index (χ3n) is 4.13. The molecule has 0 bridgehead atoms. The number of carbonyl (C=O) groups is 1. The van der Waals surface area contributed by atoms with Crippen LogP contribution in [0.15, 0.2) is 72.3 Å². The van der Waals surface area contributed by atoms with E-state index < -0.39 is 0 Å². The molecule has 3 aromatic carbocycles. The number of hydrogen-bond donors (Lipinski definition) is 1. The van der Waals surface area contributed by atoms with Crippen LogP contribution in [-0.2, 0) is 4.74 Å². The van der Waals surface area contributed by atoms with E-state index in [1.165, 1.54) is 7.11 Å². The Bertz CT molecular complexity index is 924. The summed E-state index contributed by atoms with van der Waals surface area (Å²) in [6, 6.07) is 21.3. The first kappa shape index (κ1) is 17.7. The lowest BCUT2D eigenvalue weighted by Crippen LogP contribution is -2.11. The Morgan fingerprint density at radius 3 is 2.46 bits per heavy atom. The van der Waals surface area contributed by atoms with Crippen LogP contribution in [0, 0.1) is 0 Å². The van der Waals surface area contributed by atoms with Gasteiger partial charge in [-0.25, -0.2) is 4.79 Å². The third kappa shape index (κ3) is 4.10. The Balaban J connectivity index is 1.74. The molecule has 0 aliphatic heterocycles. The topological polar surface area (TPSA) is 61.5 Å². The van der Waals surface area contributed by atoms with Crippen LogP contribution < -0.4 is 10.5 Å². The van der Waals surface area contributed by atoms with Crippen molar-refractivity contribution in [3.05, 3.63) is 83.4 Å². The highest BCUT2D eigenvalue weighted by molar-refractivity contribution is 5.89. The summed E-state index contributed by atoms with van der Waals surface area (Å²) in [6.07, 6.45) is 1.98. The lowest BCUT2D eigenvalue weighted by molar-refractivity contribution is 0.0600. The van der Waals surface area contributed by atoms with E-state index in [4.69, 9.17) is 15.2 Å². The van der Waals surface area contributed by atoms with Gasteiger partial charge in [0, 0.05) is 11.9 Å². The molecule has 3 aromatic rings. The Morgan fingerprint density at radius 2 is 1.73 bits per heavy atom. The number of carbonyl (C=O) groups excluding carboxylic acids is 1. The first-order valence-corrected chi connectivity index (χ1v) is 8.39. The number of hydrogen-bond acceptors (Lipinski definition) is 4. The molecule has 4 heteroatoms. The molecule has 4 nitrogen and oxygen atoms in total. The number of ether oxygens (including phenoxy) is 2. The second-order valence-corrected chi connectivity index (χ2v) is 5.89. The average Bonchev–Trinajstić information content (AvgIpc) is 2.71. The molecule has 0 aromatic heterocycles. The lowest BCUT2D eigenvalue weighted by atomic mass is 10.1. The summed E-state index contributed by atoms with van der Waals surface area (Å²) in [4.78, 5) is 11.5. The number of methoxy groups -OCH3 is 1. The molecule has 0 unspecified atom stereocenters. The van der Waals surface area contributed by atoms with Crippen molar-refractivity contribution < 1.29 is 14.3 Å². The van der Waals surface area contributed by atoms with Crippen molar-refractivity contribution in [3.63, 3.8) is 0 Å². The molecule has 26 heavy (non-hydrogen) atoms. The van der Waals surface area contributed by atoms with Crippen LogP contribution in [0.1, 0.15) is 15.9 Å². The molecule has 0 atom stereocenters. The molecule has 0 aliphatic carbocycles. The van der Waals surface area contributed by atoms with Crippen molar-refractivity contribution >= 4 is 22.8 Å². The smallest absolute Gasteiger partial charge is 0.337 e. The number of rotatable bonds is 6. The zero-order chi connectivity index (χ0) is 18.4. The summed E-state index contributed by atoms with van der Waals surface area (Å²) < 4.78 is 10.7. The first-order valence-electron chi connectivity index (χ1n) is 8.39. The van der Waals surface area contributed by atoms with Crippen LogP contribution >= 0.6 is 0 Å². The highest BCUT2D eigenvalue weighted by atomic mass is 16.5. The monoisotopic (exact) mass is 347 g/mol. The number of fused-ring (bicyclic) bond motifs is 1. The highest BCUT2D eigenvalue weighted by Crippen LogP contribution is 2.25. The van der Waals surface area contributed by atoms with Gasteiger partial charge in [0.15, 0.2) is 0 Å². The minimum Gasteiger partial charge on any atom is -0.489 e. The van der Waals surface area contributed by atoms with Gasteiger partial charge >= 0.3 is 5.97 Å². The van der Waals surface area contributed by atoms with Gasteiger partial charge in [0.1, 0.15) is 12.4 Å². The number of benzene rings is 3. The van der Waals surface area contributed by atoms with Crippen LogP contribution in [-0.4, -0.2) is 26.2 Å². The van der Waals surface area contributed by atoms with Gasteiger partial charge in [-0.1, -0.05) is 54.6 Å². The second kappa shape index (κ2) is 8.32. The highest BCUT2D eigenvalue weighted by Gasteiger charge is 2.05. The van der Waals surface area contributed by atoms with Crippen molar-refractivity contribution in [2.75, 3.05) is 20.3 Å². The van der Waals surface area contributed by atoms with Crippen LogP contribution in [0.2, 0.25) is 0 Å². The van der Waals surface area contributed by atoms with Gasteiger partial charge < -0.3 is 15.2 Å². The molecule has 3 rings (SSSR count). The maximum Gasteiger partial charge on any atom is 0.337 e. The van der Waals surface area contributed by atoms with Gasteiger partial charge in [-0.2, -0.15) is 0 Å². The summed E-state index contributed by atoms with van der Waals surface area (Å²) in [7, 11) is 1.37. The standard InChI is InChI=1S/C22H21NO3/c1-25-22(24)19-11-9-16(10-12-19)13-17(14-23)15-26-21-8-4-6-18-5-2-3-7-20(18)21/h2-13H,14-15,23H2,1H3. The second-order valence-electron chi connectivity index (χ2n) is 5.89. The molecule has 0 radical (unpaired) electrons. The predicted molar refractivity (Wildman–Crippen MR) is 104 cm³/mol. The summed E-state index contributed by atoms with van der Waals surface area (Å²) in [6.45, 7) is 0.798. The van der Waals surface area contributed by atoms with E-state index in [0.717, 1.165) is 27.7 Å². The Hall–Kier alpha value is -3.11. The van der Waals surface area contributed by atoms with E-state index >= 15 is 0 Å². The molecule has 0 aliphatic rings. The van der Waals surface area contributed by atoms with Crippen molar-refractivity contribution in [1.29, 1.82) is 0 Å². The van der Waals surface area contributed by atoms with Gasteiger partial charge in [0.05, 0.1) is 12.7 Å². The maximum absolute atomic E-state index is 11.5. The first-order chi connectivity index (χ1) is 12.7. The average molecular weight is 347 g/mol. The molecule has 0 amide bonds. The van der Waals surface area contributed by atoms with Crippen LogP contribution in [0.4, 0.5) is 0 Å². The van der Waals surface area contributed by atoms with Crippen molar-refractivity contribution in [2.24, 2.45) is 5.73 Å². The fourth-order valence-corrected chi connectivity index (χ4v) is 2.72. The molecule has 2 N–H and O–H groups in total. The van der Waals surface area contributed by atoms with Crippen molar-refractivity contribution in [2.45, 2.75) is 0 Å². The van der Waals surface area contributed by atoms with E-state index in [0.29, 0.717) is 18.7 Å². The van der Waals surface area contributed by atoms with Gasteiger partial charge in [-0.15, -0.1) is 0 Å². The lowest BCUT2D eigenvalue weighted by Gasteiger charge is -2.11. The maximum atomic E-state index is 11.5. The Morgan fingerprint density at radius 1 is 1.00 bits per heavy atom. The van der Waals surface area contributed by atoms with E-state index in [9.17, 15) is 4.79 Å². The fraction of sp³-hybridized carbons (Fsp3) is 0.136. The van der Waals surface area contributed by atoms with Crippen LogP contribution in [0.5, 0.6) is 5.75 Å². The molecule has 0 saturated carbocycles. The molecular weight excluding hydrogens is 326 g/mol. The zero-order valence-corrected chi connectivity index (χ0v) is 14.6. The molecule has 0 fully saturated rings. The number of nitrogens with two attached hydrogens (primary N) is 1. The molecule has 0 spiro atoms. The molecular formula is C22H21NO3. The number of esters is 1. The fourth-order valence-electron chi connectivity index (χ4n) is 2.72. The van der Waals surface area contributed by atoms with Crippen LogP contribution in [0.3, 0.4) is 0 Å². The summed E-state index contributed by atoms with van der Waals surface area (Å²) >= 11 is 0. The minimum atomic E-state index is -0.348. The quantitative estimate of drug-likeness (QED) is 0.684. The van der Waals surface area contributed by atoms with E-state index in [1.807, 2.05) is 48.5 Å². The van der Waals surface area contributed by atoms with E-state index in [1.54, 1.807) is 12.1 Å². The Kier molecular flexibility index (Phi) is 5.66. The Labute approximate surface area is 152 Å². The van der Waals surface area contributed by atoms with E-state index in [2.05, 4.69) is 12.1 Å². The van der Waals surface area contributed by atoms with Gasteiger partial charge in [0.2, 0.25) is 0 Å². The predicted octanol–water partition coefficient (Wildman–Crippen LogP) is 4.05. The normalized spacial score (nSPS) is 11.4. The third-order valence-corrected chi connectivity index (χ3v) is 4.13. The molecule has 0 saturated heterocycles. The van der Waals surface area contributed by atoms with Crippen LogP contribution in [0.25, 0.3) is 16.8 Å². The molecule has 132 valence electrons. The SMILES string of the molecule is COC(=O)c1ccc(C=C(CN)COc2cccc3ccccc23)cc1. The summed E-state index contributed by atoms with van der Waals surface area (Å²) in [5, 5.41) is 2.22. The van der Waals surface area contributed by atoms with Crippen molar-refractivity contribution in [1.82, 2.24) is 0 Å².